The van der Waals surface area contributed by atoms with Crippen molar-refractivity contribution in [2.45, 2.75) is 61.5 Å². The summed E-state index contributed by atoms with van der Waals surface area (Å²) in [5, 5.41) is 0. The summed E-state index contributed by atoms with van der Waals surface area (Å²) in [6.07, 6.45) is 3.92. The minimum absolute atomic E-state index is 0.0655. The molecule has 2 saturated carbocycles. The lowest BCUT2D eigenvalue weighted by atomic mass is 9.87. The van der Waals surface area contributed by atoms with Crippen LogP contribution in [-0.4, -0.2) is 13.2 Å². The number of sulfone groups is 1. The Morgan fingerprint density at radius 2 is 1.79 bits per heavy atom. The molecule has 2 aliphatic carbocycles. The molecule has 0 aliphatic heterocycles. The molecule has 0 radical (unpaired) electrons. The van der Waals surface area contributed by atoms with Crippen molar-refractivity contribution in [3.63, 3.8) is 0 Å². The first kappa shape index (κ1) is 13.2. The van der Waals surface area contributed by atoms with E-state index in [4.69, 9.17) is 0 Å². The molecule has 0 spiro atoms. The fourth-order valence-corrected chi connectivity index (χ4v) is 5.86. The third kappa shape index (κ3) is 1.85. The predicted octanol–water partition coefficient (Wildman–Crippen LogP) is 3.70. The van der Waals surface area contributed by atoms with Crippen LogP contribution >= 0.6 is 0 Å². The average Bonchev–Trinajstić information content (AvgIpc) is 2.92. The van der Waals surface area contributed by atoms with Crippen molar-refractivity contribution < 1.29 is 8.42 Å². The van der Waals surface area contributed by atoms with E-state index < -0.39 is 14.6 Å². The summed E-state index contributed by atoms with van der Waals surface area (Å²) in [6, 6.07) is 7.54. The standard InChI is InChI=1S/C16H22O2S/c1-15(2,3)12-6-8-14(9-7-12)19(17,18)16-10-4-5-13(16)11-16/h6-9,13H,4-5,10-11H2,1-3H3. The molecule has 104 valence electrons. The van der Waals surface area contributed by atoms with E-state index in [0.717, 1.165) is 25.7 Å². The Hall–Kier alpha value is -0.830. The Kier molecular flexibility index (Phi) is 2.66. The van der Waals surface area contributed by atoms with Gasteiger partial charge in [0, 0.05) is 0 Å². The van der Waals surface area contributed by atoms with Crippen LogP contribution in [0.25, 0.3) is 0 Å². The van der Waals surface area contributed by atoms with Gasteiger partial charge < -0.3 is 0 Å². The van der Waals surface area contributed by atoms with Crippen molar-refractivity contribution in [1.29, 1.82) is 0 Å². The molecule has 0 bridgehead atoms. The van der Waals surface area contributed by atoms with E-state index in [1.807, 2.05) is 12.1 Å². The van der Waals surface area contributed by atoms with Gasteiger partial charge in [0.2, 0.25) is 0 Å². The normalized spacial score (nSPS) is 30.2. The summed E-state index contributed by atoms with van der Waals surface area (Å²) < 4.78 is 25.1. The molecule has 1 aromatic carbocycles. The van der Waals surface area contributed by atoms with Crippen molar-refractivity contribution in [2.75, 3.05) is 0 Å². The molecule has 2 atom stereocenters. The van der Waals surface area contributed by atoms with Gasteiger partial charge in [0.25, 0.3) is 0 Å². The molecule has 0 saturated heterocycles. The maximum Gasteiger partial charge on any atom is 0.184 e. The number of hydrogen-bond donors (Lipinski definition) is 0. The highest BCUT2D eigenvalue weighted by Gasteiger charge is 2.65. The summed E-state index contributed by atoms with van der Waals surface area (Å²) in [5.74, 6) is 0.430. The fourth-order valence-electron chi connectivity index (χ4n) is 3.51. The van der Waals surface area contributed by atoms with Gasteiger partial charge in [-0.1, -0.05) is 39.3 Å². The van der Waals surface area contributed by atoms with E-state index in [-0.39, 0.29) is 5.41 Å². The van der Waals surface area contributed by atoms with Gasteiger partial charge >= 0.3 is 0 Å². The highest BCUT2D eigenvalue weighted by atomic mass is 32.2. The van der Waals surface area contributed by atoms with E-state index in [9.17, 15) is 8.42 Å². The van der Waals surface area contributed by atoms with Crippen LogP contribution in [0.5, 0.6) is 0 Å². The van der Waals surface area contributed by atoms with Crippen LogP contribution in [0.15, 0.2) is 29.2 Å². The summed E-state index contributed by atoms with van der Waals surface area (Å²) in [7, 11) is -3.13. The SMILES string of the molecule is CC(C)(C)c1ccc(S(=O)(=O)C23CCCC2C3)cc1. The number of fused-ring (bicyclic) bond motifs is 1. The average molecular weight is 278 g/mol. The van der Waals surface area contributed by atoms with Crippen LogP contribution < -0.4 is 0 Å². The van der Waals surface area contributed by atoms with Crippen molar-refractivity contribution in [2.24, 2.45) is 5.92 Å². The molecule has 2 aliphatic rings. The Labute approximate surface area is 116 Å². The number of benzene rings is 1. The smallest absolute Gasteiger partial charge is 0.184 e. The van der Waals surface area contributed by atoms with Crippen molar-refractivity contribution in [3.05, 3.63) is 29.8 Å². The van der Waals surface area contributed by atoms with Crippen LogP contribution in [0.1, 0.15) is 52.0 Å². The Morgan fingerprint density at radius 1 is 1.16 bits per heavy atom. The topological polar surface area (TPSA) is 34.1 Å². The maximum atomic E-state index is 12.8. The second-order valence-electron chi connectivity index (χ2n) is 7.14. The minimum atomic E-state index is -3.13. The second-order valence-corrected chi connectivity index (χ2v) is 9.43. The first-order valence-corrected chi connectivity index (χ1v) is 8.61. The van der Waals surface area contributed by atoms with E-state index in [1.165, 1.54) is 5.56 Å². The molecule has 1 aromatic rings. The fraction of sp³-hybridized carbons (Fsp3) is 0.625. The molecule has 3 rings (SSSR count). The van der Waals surface area contributed by atoms with Gasteiger partial charge in [0.1, 0.15) is 0 Å². The molecule has 3 heteroatoms. The van der Waals surface area contributed by atoms with Gasteiger partial charge in [-0.3, -0.25) is 0 Å². The Morgan fingerprint density at radius 3 is 2.21 bits per heavy atom. The van der Waals surface area contributed by atoms with E-state index >= 15 is 0 Å². The summed E-state index contributed by atoms with van der Waals surface area (Å²) >= 11 is 0. The van der Waals surface area contributed by atoms with Crippen LogP contribution in [0.4, 0.5) is 0 Å². The Balaban J connectivity index is 1.95. The summed E-state index contributed by atoms with van der Waals surface area (Å²) in [4.78, 5) is 0.518. The molecule has 2 unspecified atom stereocenters. The van der Waals surface area contributed by atoms with E-state index in [0.29, 0.717) is 10.8 Å². The molecule has 0 aromatic heterocycles. The predicted molar refractivity (Wildman–Crippen MR) is 77.0 cm³/mol. The third-order valence-electron chi connectivity index (χ3n) is 4.89. The molecular formula is C16H22O2S. The first-order chi connectivity index (χ1) is 8.77. The van der Waals surface area contributed by atoms with Crippen molar-refractivity contribution in [1.82, 2.24) is 0 Å². The van der Waals surface area contributed by atoms with Gasteiger partial charge in [-0.15, -0.1) is 0 Å². The van der Waals surface area contributed by atoms with Gasteiger partial charge in [0.05, 0.1) is 9.64 Å². The highest BCUT2D eigenvalue weighted by Crippen LogP contribution is 2.62. The molecule has 0 N–H and O–H groups in total. The molecule has 19 heavy (non-hydrogen) atoms. The lowest BCUT2D eigenvalue weighted by Crippen LogP contribution is -2.23. The monoisotopic (exact) mass is 278 g/mol. The maximum absolute atomic E-state index is 12.8. The number of rotatable bonds is 2. The highest BCUT2D eigenvalue weighted by molar-refractivity contribution is 7.93. The van der Waals surface area contributed by atoms with E-state index in [1.54, 1.807) is 12.1 Å². The van der Waals surface area contributed by atoms with Crippen molar-refractivity contribution in [3.8, 4) is 0 Å². The minimum Gasteiger partial charge on any atom is -0.223 e. The molecule has 2 nitrogen and oxygen atoms in total. The molecule has 0 heterocycles. The second kappa shape index (κ2) is 3.85. The van der Waals surface area contributed by atoms with Crippen LogP contribution in [0.2, 0.25) is 0 Å². The largest absolute Gasteiger partial charge is 0.223 e. The van der Waals surface area contributed by atoms with Gasteiger partial charge in [-0.25, -0.2) is 8.42 Å². The quantitative estimate of drug-likeness (QED) is 0.826. The third-order valence-corrected chi connectivity index (χ3v) is 7.56. The van der Waals surface area contributed by atoms with Crippen molar-refractivity contribution >= 4 is 9.84 Å². The van der Waals surface area contributed by atoms with Crippen LogP contribution in [-0.2, 0) is 15.3 Å². The van der Waals surface area contributed by atoms with Gasteiger partial charge in [-0.2, -0.15) is 0 Å². The number of hydrogen-bond acceptors (Lipinski definition) is 2. The van der Waals surface area contributed by atoms with Gasteiger partial charge in [-0.05, 0) is 48.3 Å². The van der Waals surface area contributed by atoms with Crippen LogP contribution in [0.3, 0.4) is 0 Å². The zero-order valence-electron chi connectivity index (χ0n) is 11.9. The lowest BCUT2D eigenvalue weighted by Gasteiger charge is -2.20. The molecule has 2 fully saturated rings. The van der Waals surface area contributed by atoms with E-state index in [2.05, 4.69) is 20.8 Å². The zero-order chi connectivity index (χ0) is 13.9. The lowest BCUT2D eigenvalue weighted by molar-refractivity contribution is 0.570. The van der Waals surface area contributed by atoms with Gasteiger partial charge in [0.15, 0.2) is 9.84 Å². The van der Waals surface area contributed by atoms with Crippen LogP contribution in [0, 0.1) is 5.92 Å². The zero-order valence-corrected chi connectivity index (χ0v) is 12.8. The molecule has 0 amide bonds. The molecular weight excluding hydrogens is 256 g/mol. The first-order valence-electron chi connectivity index (χ1n) is 7.13. The summed E-state index contributed by atoms with van der Waals surface area (Å²) in [6.45, 7) is 6.43. The Bertz CT molecular complexity index is 593. The summed E-state index contributed by atoms with van der Waals surface area (Å²) in [5.41, 5.74) is 1.25.